The Morgan fingerprint density at radius 2 is 2.00 bits per heavy atom. The molecule has 0 saturated heterocycles. The molecule has 0 amide bonds. The average Bonchev–Trinajstić information content (AvgIpc) is 2.83. The molecule has 0 atom stereocenters. The van der Waals surface area contributed by atoms with E-state index in [1.165, 1.54) is 6.07 Å². The van der Waals surface area contributed by atoms with Gasteiger partial charge in [-0.05, 0) is 24.6 Å². The van der Waals surface area contributed by atoms with Crippen LogP contribution in [0.25, 0.3) is 10.9 Å². The molecule has 2 aromatic heterocycles. The lowest BCUT2D eigenvalue weighted by atomic mass is 10.1. The van der Waals surface area contributed by atoms with Crippen molar-refractivity contribution in [2.24, 2.45) is 0 Å². The minimum absolute atomic E-state index is 0.0647. The summed E-state index contributed by atoms with van der Waals surface area (Å²) in [4.78, 5) is 4.27. The molecule has 8 heteroatoms. The Labute approximate surface area is 141 Å². The summed E-state index contributed by atoms with van der Waals surface area (Å²) < 4.78 is 27.9. The molecule has 0 bridgehead atoms. The predicted molar refractivity (Wildman–Crippen MR) is 91.6 cm³/mol. The molecule has 0 aliphatic heterocycles. The molecule has 1 aromatic carbocycles. The highest BCUT2D eigenvalue weighted by molar-refractivity contribution is 7.94. The number of sulfonamides is 1. The number of hydrogen-bond donors (Lipinski definition) is 1. The Balaban J connectivity index is 2.11. The number of aryl methyl sites for hydroxylation is 1. The molecule has 0 aliphatic rings. The van der Waals surface area contributed by atoms with Gasteiger partial charge in [0, 0.05) is 11.6 Å². The number of fused-ring (bicyclic) bond motifs is 1. The first-order valence-corrected chi connectivity index (χ1v) is 9.26. The van der Waals surface area contributed by atoms with Gasteiger partial charge >= 0.3 is 0 Å². The molecule has 1 N–H and O–H groups in total. The van der Waals surface area contributed by atoms with Gasteiger partial charge in [-0.3, -0.25) is 9.71 Å². The number of thiophene rings is 1. The van der Waals surface area contributed by atoms with Gasteiger partial charge in [0.25, 0.3) is 10.0 Å². The van der Waals surface area contributed by atoms with Gasteiger partial charge in [-0.25, -0.2) is 8.42 Å². The maximum Gasteiger partial charge on any atom is 0.271 e. The molecule has 114 valence electrons. The number of pyridine rings is 1. The summed E-state index contributed by atoms with van der Waals surface area (Å²) >= 11 is 12.6. The third-order valence-electron chi connectivity index (χ3n) is 3.11. The van der Waals surface area contributed by atoms with Gasteiger partial charge < -0.3 is 0 Å². The van der Waals surface area contributed by atoms with E-state index in [2.05, 4.69) is 9.71 Å². The van der Waals surface area contributed by atoms with Crippen LogP contribution < -0.4 is 4.72 Å². The molecule has 0 fully saturated rings. The quantitative estimate of drug-likeness (QED) is 0.723. The monoisotopic (exact) mass is 372 g/mol. The van der Waals surface area contributed by atoms with Crippen molar-refractivity contribution >= 4 is 61.2 Å². The summed E-state index contributed by atoms with van der Waals surface area (Å²) in [6.07, 6.45) is 1.62. The Morgan fingerprint density at radius 1 is 1.23 bits per heavy atom. The largest absolute Gasteiger partial charge is 0.276 e. The normalized spacial score (nSPS) is 11.8. The second-order valence-corrected chi connectivity index (χ2v) is 8.60. The van der Waals surface area contributed by atoms with Crippen LogP contribution in [0.1, 0.15) is 5.56 Å². The Kier molecular flexibility index (Phi) is 4.03. The van der Waals surface area contributed by atoms with Gasteiger partial charge in [0.1, 0.15) is 8.55 Å². The van der Waals surface area contributed by atoms with E-state index < -0.39 is 10.0 Å². The molecule has 0 aliphatic carbocycles. The van der Waals surface area contributed by atoms with Gasteiger partial charge in [-0.15, -0.1) is 11.3 Å². The van der Waals surface area contributed by atoms with Crippen molar-refractivity contribution in [2.75, 3.05) is 4.72 Å². The highest BCUT2D eigenvalue weighted by Crippen LogP contribution is 2.36. The lowest BCUT2D eigenvalue weighted by Crippen LogP contribution is -2.13. The van der Waals surface area contributed by atoms with Crippen molar-refractivity contribution in [3.8, 4) is 0 Å². The van der Waals surface area contributed by atoms with E-state index in [1.807, 2.05) is 25.1 Å². The summed E-state index contributed by atoms with van der Waals surface area (Å²) in [5.74, 6) is 0. The van der Waals surface area contributed by atoms with Crippen LogP contribution in [0.5, 0.6) is 0 Å². The van der Waals surface area contributed by atoms with Gasteiger partial charge in [0.2, 0.25) is 0 Å². The van der Waals surface area contributed by atoms with Crippen molar-refractivity contribution < 1.29 is 8.42 Å². The van der Waals surface area contributed by atoms with E-state index in [1.54, 1.807) is 12.3 Å². The topological polar surface area (TPSA) is 59.1 Å². The van der Waals surface area contributed by atoms with Crippen molar-refractivity contribution in [1.82, 2.24) is 4.98 Å². The molecule has 4 nitrogen and oxygen atoms in total. The van der Waals surface area contributed by atoms with Crippen LogP contribution in [0.4, 0.5) is 5.69 Å². The summed E-state index contributed by atoms with van der Waals surface area (Å²) in [7, 11) is -3.77. The molecule has 0 unspecified atom stereocenters. The molecule has 3 aromatic rings. The maximum atomic E-state index is 12.5. The van der Waals surface area contributed by atoms with Gasteiger partial charge in [0.15, 0.2) is 0 Å². The highest BCUT2D eigenvalue weighted by Gasteiger charge is 2.21. The standard InChI is InChI=1S/C14H10Cl2N2O2S2/c1-8-4-5-9-3-2-6-17-13(9)12(8)18-22(19,20)11-7-10(15)14(16)21-11/h2-7,18H,1H3. The average molecular weight is 373 g/mol. The Morgan fingerprint density at radius 3 is 2.68 bits per heavy atom. The zero-order chi connectivity index (χ0) is 15.9. The second-order valence-electron chi connectivity index (χ2n) is 4.63. The minimum atomic E-state index is -3.77. The Bertz CT molecular complexity index is 949. The van der Waals surface area contributed by atoms with E-state index in [4.69, 9.17) is 23.2 Å². The van der Waals surface area contributed by atoms with Crippen LogP contribution >= 0.6 is 34.5 Å². The summed E-state index contributed by atoms with van der Waals surface area (Å²) in [5, 5.41) is 1.08. The van der Waals surface area contributed by atoms with Crippen LogP contribution in [0.3, 0.4) is 0 Å². The van der Waals surface area contributed by atoms with Crippen LogP contribution in [0, 0.1) is 6.92 Å². The number of nitrogens with one attached hydrogen (secondary N) is 1. The number of nitrogens with zero attached hydrogens (tertiary/aromatic N) is 1. The minimum Gasteiger partial charge on any atom is -0.276 e. The van der Waals surface area contributed by atoms with Crippen molar-refractivity contribution in [3.63, 3.8) is 0 Å². The summed E-state index contributed by atoms with van der Waals surface area (Å²) in [5.41, 5.74) is 1.84. The maximum absolute atomic E-state index is 12.5. The molecule has 3 rings (SSSR count). The van der Waals surface area contributed by atoms with Crippen LogP contribution in [-0.4, -0.2) is 13.4 Å². The molecule has 2 heterocycles. The fourth-order valence-corrected chi connectivity index (χ4v) is 5.04. The first kappa shape index (κ1) is 15.6. The summed E-state index contributed by atoms with van der Waals surface area (Å²) in [6, 6.07) is 8.75. The fourth-order valence-electron chi connectivity index (χ4n) is 2.02. The van der Waals surface area contributed by atoms with Crippen molar-refractivity contribution in [3.05, 3.63) is 51.5 Å². The van der Waals surface area contributed by atoms with Crippen molar-refractivity contribution in [1.29, 1.82) is 0 Å². The third kappa shape index (κ3) is 2.79. The van der Waals surface area contributed by atoms with E-state index in [0.717, 1.165) is 22.3 Å². The van der Waals surface area contributed by atoms with Crippen LogP contribution in [-0.2, 0) is 10.0 Å². The van der Waals surface area contributed by atoms with E-state index in [9.17, 15) is 8.42 Å². The Hall–Kier alpha value is -1.34. The van der Waals surface area contributed by atoms with E-state index >= 15 is 0 Å². The predicted octanol–water partition coefficient (Wildman–Crippen LogP) is 4.71. The van der Waals surface area contributed by atoms with Gasteiger partial charge in [-0.2, -0.15) is 0 Å². The zero-order valence-electron chi connectivity index (χ0n) is 11.3. The smallest absolute Gasteiger partial charge is 0.271 e. The molecule has 0 saturated carbocycles. The first-order valence-electron chi connectivity index (χ1n) is 6.20. The number of aromatic nitrogens is 1. The number of benzene rings is 1. The van der Waals surface area contributed by atoms with Gasteiger partial charge in [0.05, 0.1) is 16.2 Å². The molecule has 0 spiro atoms. The van der Waals surface area contributed by atoms with Crippen LogP contribution in [0.15, 0.2) is 40.7 Å². The highest BCUT2D eigenvalue weighted by atomic mass is 35.5. The molecule has 22 heavy (non-hydrogen) atoms. The number of rotatable bonds is 3. The van der Waals surface area contributed by atoms with Crippen LogP contribution in [0.2, 0.25) is 9.36 Å². The van der Waals surface area contributed by atoms with E-state index in [-0.39, 0.29) is 13.6 Å². The molecular formula is C14H10Cl2N2O2S2. The zero-order valence-corrected chi connectivity index (χ0v) is 14.4. The van der Waals surface area contributed by atoms with Crippen molar-refractivity contribution in [2.45, 2.75) is 11.1 Å². The number of halogens is 2. The third-order valence-corrected chi connectivity index (χ3v) is 6.80. The summed E-state index contributed by atoms with van der Waals surface area (Å²) in [6.45, 7) is 1.82. The SMILES string of the molecule is Cc1ccc2cccnc2c1NS(=O)(=O)c1cc(Cl)c(Cl)s1. The lowest BCUT2D eigenvalue weighted by molar-refractivity contribution is 0.603. The van der Waals surface area contributed by atoms with Gasteiger partial charge in [-0.1, -0.05) is 41.4 Å². The molecule has 0 radical (unpaired) electrons. The number of hydrogen-bond acceptors (Lipinski definition) is 4. The molecular weight excluding hydrogens is 363 g/mol. The second kappa shape index (κ2) is 5.70. The van der Waals surface area contributed by atoms with E-state index in [0.29, 0.717) is 11.2 Å². The first-order chi connectivity index (χ1) is 10.4. The fraction of sp³-hybridized carbons (Fsp3) is 0.0714. The lowest BCUT2D eigenvalue weighted by Gasteiger charge is -2.11. The number of anilines is 1.